The zero-order chi connectivity index (χ0) is 11.1. The van der Waals surface area contributed by atoms with Crippen molar-refractivity contribution < 1.29 is 14.3 Å². The zero-order valence-electron chi connectivity index (χ0n) is 8.11. The number of alkyl halides is 1. The van der Waals surface area contributed by atoms with Gasteiger partial charge in [-0.15, -0.1) is 0 Å². The predicted octanol–water partition coefficient (Wildman–Crippen LogP) is 2.55. The number of para-hydroxylation sites is 2. The fourth-order valence-corrected chi connectivity index (χ4v) is 1.11. The van der Waals surface area contributed by atoms with Gasteiger partial charge >= 0.3 is 5.97 Å². The third-order valence-corrected chi connectivity index (χ3v) is 1.88. The Morgan fingerprint density at radius 2 is 2.07 bits per heavy atom. The Kier molecular flexibility index (Phi) is 4.90. The Hall–Kier alpha value is -1.29. The molecule has 1 aromatic rings. The van der Waals surface area contributed by atoms with Crippen molar-refractivity contribution >= 4 is 21.9 Å². The van der Waals surface area contributed by atoms with Crippen molar-refractivity contribution in [3.8, 4) is 11.5 Å². The maximum absolute atomic E-state index is 11.0. The number of benzene rings is 1. The Bertz CT molecular complexity index is 349. The number of carbonyl (C=O) groups excluding carboxylic acids is 1. The minimum absolute atomic E-state index is 0.406. The van der Waals surface area contributed by atoms with E-state index in [4.69, 9.17) is 9.47 Å². The van der Waals surface area contributed by atoms with E-state index in [1.165, 1.54) is 0 Å². The van der Waals surface area contributed by atoms with Crippen LogP contribution >= 0.6 is 15.9 Å². The molecule has 0 heterocycles. The first-order chi connectivity index (χ1) is 7.27. The van der Waals surface area contributed by atoms with Crippen molar-refractivity contribution in [1.29, 1.82) is 0 Å². The molecule has 0 N–H and O–H groups in total. The molecular weight excluding hydrogens is 260 g/mol. The van der Waals surface area contributed by atoms with Crippen molar-refractivity contribution in [2.24, 2.45) is 0 Å². The van der Waals surface area contributed by atoms with E-state index >= 15 is 0 Å². The quantitative estimate of drug-likeness (QED) is 0.357. The van der Waals surface area contributed by atoms with Gasteiger partial charge in [0, 0.05) is 11.4 Å². The van der Waals surface area contributed by atoms with Gasteiger partial charge in [-0.2, -0.15) is 0 Å². The normalized spacial score (nSPS) is 9.40. The zero-order valence-corrected chi connectivity index (χ0v) is 9.70. The van der Waals surface area contributed by atoms with Crippen LogP contribution in [0.25, 0.3) is 0 Å². The molecule has 0 unspecified atom stereocenters. The summed E-state index contributed by atoms with van der Waals surface area (Å²) in [7, 11) is 0. The first-order valence-corrected chi connectivity index (χ1v) is 5.52. The van der Waals surface area contributed by atoms with Crippen LogP contribution in [0.5, 0.6) is 11.5 Å². The van der Waals surface area contributed by atoms with E-state index in [0.29, 0.717) is 18.1 Å². The smallest absolute Gasteiger partial charge is 0.335 e. The number of ether oxygens (including phenoxy) is 2. The van der Waals surface area contributed by atoms with Crippen LogP contribution in [0, 0.1) is 0 Å². The van der Waals surface area contributed by atoms with Gasteiger partial charge in [-0.25, -0.2) is 4.79 Å². The van der Waals surface area contributed by atoms with Crippen LogP contribution in [-0.4, -0.2) is 17.9 Å². The summed E-state index contributed by atoms with van der Waals surface area (Å²) in [6, 6.07) is 7.00. The summed E-state index contributed by atoms with van der Waals surface area (Å²) in [5.74, 6) is 0.459. The second-order valence-electron chi connectivity index (χ2n) is 2.61. The molecule has 80 valence electrons. The second-order valence-corrected chi connectivity index (χ2v) is 3.40. The van der Waals surface area contributed by atoms with Crippen molar-refractivity contribution in [3.63, 3.8) is 0 Å². The van der Waals surface area contributed by atoms with E-state index < -0.39 is 5.97 Å². The fourth-order valence-electron chi connectivity index (χ4n) is 0.952. The van der Waals surface area contributed by atoms with E-state index in [1.807, 2.05) is 6.07 Å². The monoisotopic (exact) mass is 270 g/mol. The molecule has 1 aromatic carbocycles. The fraction of sp³-hybridized carbons (Fsp3) is 0.182. The third-order valence-electron chi connectivity index (χ3n) is 1.56. The molecule has 0 amide bonds. The van der Waals surface area contributed by atoms with E-state index in [9.17, 15) is 4.79 Å². The Morgan fingerprint density at radius 1 is 1.40 bits per heavy atom. The standard InChI is InChI=1S/C11H11BrO3/c1-2-11(13)15-10-6-4-3-5-9(10)14-8-7-12/h2-6H,1,7-8H2. The number of halogens is 1. The summed E-state index contributed by atoms with van der Waals surface area (Å²) in [4.78, 5) is 11.0. The van der Waals surface area contributed by atoms with Crippen LogP contribution in [0.4, 0.5) is 0 Å². The van der Waals surface area contributed by atoms with Crippen molar-refractivity contribution in [3.05, 3.63) is 36.9 Å². The molecule has 0 bridgehead atoms. The van der Waals surface area contributed by atoms with Gasteiger partial charge in [0.15, 0.2) is 11.5 Å². The molecule has 15 heavy (non-hydrogen) atoms. The molecule has 0 radical (unpaired) electrons. The maximum atomic E-state index is 11.0. The summed E-state index contributed by atoms with van der Waals surface area (Å²) < 4.78 is 10.4. The lowest BCUT2D eigenvalue weighted by Crippen LogP contribution is -2.06. The molecular formula is C11H11BrO3. The van der Waals surface area contributed by atoms with Crippen LogP contribution < -0.4 is 9.47 Å². The SMILES string of the molecule is C=CC(=O)Oc1ccccc1OCCBr. The highest BCUT2D eigenvalue weighted by Crippen LogP contribution is 2.26. The molecule has 0 spiro atoms. The second kappa shape index (κ2) is 6.24. The lowest BCUT2D eigenvalue weighted by Gasteiger charge is -2.09. The van der Waals surface area contributed by atoms with E-state index in [2.05, 4.69) is 22.5 Å². The molecule has 0 fully saturated rings. The van der Waals surface area contributed by atoms with Crippen molar-refractivity contribution in [1.82, 2.24) is 0 Å². The summed E-state index contributed by atoms with van der Waals surface area (Å²) in [6.07, 6.45) is 1.11. The highest BCUT2D eigenvalue weighted by atomic mass is 79.9. The van der Waals surface area contributed by atoms with Crippen LogP contribution in [-0.2, 0) is 4.79 Å². The first-order valence-electron chi connectivity index (χ1n) is 4.40. The van der Waals surface area contributed by atoms with Gasteiger partial charge in [-0.3, -0.25) is 0 Å². The molecule has 4 heteroatoms. The number of rotatable bonds is 5. The van der Waals surface area contributed by atoms with Gasteiger partial charge in [-0.05, 0) is 12.1 Å². The molecule has 0 saturated carbocycles. The molecule has 3 nitrogen and oxygen atoms in total. The summed E-state index contributed by atoms with van der Waals surface area (Å²) in [6.45, 7) is 3.84. The highest BCUT2D eigenvalue weighted by Gasteiger charge is 2.06. The average Bonchev–Trinajstić information content (AvgIpc) is 2.28. The van der Waals surface area contributed by atoms with Gasteiger partial charge in [0.2, 0.25) is 0 Å². The van der Waals surface area contributed by atoms with Gasteiger partial charge in [0.25, 0.3) is 0 Å². The maximum Gasteiger partial charge on any atom is 0.335 e. The van der Waals surface area contributed by atoms with Crippen LogP contribution in [0.2, 0.25) is 0 Å². The van der Waals surface area contributed by atoms with E-state index in [0.717, 1.165) is 11.4 Å². The highest BCUT2D eigenvalue weighted by molar-refractivity contribution is 9.09. The lowest BCUT2D eigenvalue weighted by atomic mass is 10.3. The van der Waals surface area contributed by atoms with Crippen molar-refractivity contribution in [2.45, 2.75) is 0 Å². The number of hydrogen-bond donors (Lipinski definition) is 0. The molecule has 0 aliphatic carbocycles. The van der Waals surface area contributed by atoms with Crippen molar-refractivity contribution in [2.75, 3.05) is 11.9 Å². The minimum Gasteiger partial charge on any atom is -0.489 e. The first kappa shape index (κ1) is 11.8. The predicted molar refractivity (Wildman–Crippen MR) is 61.6 cm³/mol. The number of esters is 1. The third kappa shape index (κ3) is 3.75. The van der Waals surface area contributed by atoms with Gasteiger partial charge < -0.3 is 9.47 Å². The van der Waals surface area contributed by atoms with Crippen LogP contribution in [0.15, 0.2) is 36.9 Å². The summed E-state index contributed by atoms with van der Waals surface area (Å²) in [5, 5.41) is 0.719. The van der Waals surface area contributed by atoms with Gasteiger partial charge in [0.05, 0.1) is 6.61 Å². The van der Waals surface area contributed by atoms with Crippen LogP contribution in [0.1, 0.15) is 0 Å². The number of carbonyl (C=O) groups is 1. The van der Waals surface area contributed by atoms with Crippen LogP contribution in [0.3, 0.4) is 0 Å². The largest absolute Gasteiger partial charge is 0.489 e. The number of hydrogen-bond acceptors (Lipinski definition) is 3. The summed E-state index contributed by atoms with van der Waals surface area (Å²) >= 11 is 3.25. The Labute approximate surface area is 96.8 Å². The minimum atomic E-state index is -0.495. The molecule has 0 saturated heterocycles. The molecule has 0 aliphatic heterocycles. The Balaban J connectivity index is 2.76. The topological polar surface area (TPSA) is 35.5 Å². The van der Waals surface area contributed by atoms with E-state index in [1.54, 1.807) is 18.2 Å². The Morgan fingerprint density at radius 3 is 2.67 bits per heavy atom. The van der Waals surface area contributed by atoms with Gasteiger partial charge in [0.1, 0.15) is 0 Å². The molecule has 1 rings (SSSR count). The molecule has 0 aliphatic rings. The average molecular weight is 271 g/mol. The molecule has 0 aromatic heterocycles. The molecule has 0 atom stereocenters. The lowest BCUT2D eigenvalue weighted by molar-refractivity contribution is -0.129. The van der Waals surface area contributed by atoms with E-state index in [-0.39, 0.29) is 0 Å². The van der Waals surface area contributed by atoms with Gasteiger partial charge in [-0.1, -0.05) is 34.6 Å². The summed E-state index contributed by atoms with van der Waals surface area (Å²) in [5.41, 5.74) is 0.